The van der Waals surface area contributed by atoms with Gasteiger partial charge >= 0.3 is 6.09 Å². The first kappa shape index (κ1) is 15.8. The number of nitrogens with zero attached hydrogens (tertiary/aromatic N) is 1. The van der Waals surface area contributed by atoms with E-state index in [-0.39, 0.29) is 30.2 Å². The van der Waals surface area contributed by atoms with Crippen LogP contribution in [0.2, 0.25) is 0 Å². The van der Waals surface area contributed by atoms with Gasteiger partial charge < -0.3 is 14.4 Å². The Morgan fingerprint density at radius 3 is 2.44 bits per heavy atom. The van der Waals surface area contributed by atoms with E-state index in [2.05, 4.69) is 5.32 Å². The molecule has 2 unspecified atom stereocenters. The van der Waals surface area contributed by atoms with Gasteiger partial charge in [-0.3, -0.25) is 5.32 Å². The van der Waals surface area contributed by atoms with Crippen molar-refractivity contribution in [3.63, 3.8) is 0 Å². The molecule has 4 rings (SSSR count). The summed E-state index contributed by atoms with van der Waals surface area (Å²) in [4.78, 5) is 13.4. The molecule has 0 aliphatic carbocycles. The lowest BCUT2D eigenvalue weighted by Gasteiger charge is -2.21. The molecule has 0 aromatic heterocycles. The molecule has 1 amide bonds. The van der Waals surface area contributed by atoms with Crippen LogP contribution < -0.4 is 10.2 Å². The molecule has 7 heteroatoms. The van der Waals surface area contributed by atoms with Gasteiger partial charge in [0.1, 0.15) is 24.5 Å². The van der Waals surface area contributed by atoms with Gasteiger partial charge in [-0.1, -0.05) is 30.3 Å². The number of carbonyl (C=O) groups excluding carboxylic acids is 1. The van der Waals surface area contributed by atoms with Crippen molar-refractivity contribution >= 4 is 17.5 Å². The summed E-state index contributed by atoms with van der Waals surface area (Å²) in [5.74, 6) is -1.45. The van der Waals surface area contributed by atoms with Crippen molar-refractivity contribution in [2.45, 2.75) is 18.8 Å². The second-order valence-electron chi connectivity index (χ2n) is 6.09. The highest BCUT2D eigenvalue weighted by Crippen LogP contribution is 2.37. The molecule has 1 N–H and O–H groups in total. The number of amides is 1. The van der Waals surface area contributed by atoms with Gasteiger partial charge in [0.2, 0.25) is 0 Å². The van der Waals surface area contributed by atoms with Gasteiger partial charge in [0, 0.05) is 18.8 Å². The fourth-order valence-electron chi connectivity index (χ4n) is 3.01. The summed E-state index contributed by atoms with van der Waals surface area (Å²) in [6.07, 6.45) is -0.625. The van der Waals surface area contributed by atoms with Crippen molar-refractivity contribution in [1.29, 1.82) is 0 Å². The smallest absolute Gasteiger partial charge is 0.411 e. The molecule has 2 fully saturated rings. The number of fused-ring (bicyclic) bond motifs is 1. The second-order valence-corrected chi connectivity index (χ2v) is 6.09. The first-order valence-corrected chi connectivity index (χ1v) is 7.97. The molecule has 25 heavy (non-hydrogen) atoms. The Morgan fingerprint density at radius 1 is 1.16 bits per heavy atom. The summed E-state index contributed by atoms with van der Waals surface area (Å²) in [5.41, 5.74) is 0.747. The van der Waals surface area contributed by atoms with Crippen LogP contribution in [-0.4, -0.2) is 31.4 Å². The quantitative estimate of drug-likeness (QED) is 0.863. The van der Waals surface area contributed by atoms with Gasteiger partial charge in [0.15, 0.2) is 11.6 Å². The predicted molar refractivity (Wildman–Crippen MR) is 87.5 cm³/mol. The molecule has 2 atom stereocenters. The Labute approximate surface area is 143 Å². The number of hydrogen-bond donors (Lipinski definition) is 1. The lowest BCUT2D eigenvalue weighted by molar-refractivity contribution is 0.155. The summed E-state index contributed by atoms with van der Waals surface area (Å²) in [6, 6.07) is 11.3. The van der Waals surface area contributed by atoms with Gasteiger partial charge in [0.25, 0.3) is 0 Å². The van der Waals surface area contributed by atoms with Crippen LogP contribution in [0, 0.1) is 11.6 Å². The maximum atomic E-state index is 14.3. The van der Waals surface area contributed by atoms with Gasteiger partial charge in [0.05, 0.1) is 0 Å². The van der Waals surface area contributed by atoms with Crippen LogP contribution >= 0.6 is 0 Å². The van der Waals surface area contributed by atoms with Crippen LogP contribution in [0.4, 0.5) is 25.0 Å². The van der Waals surface area contributed by atoms with Crippen molar-refractivity contribution < 1.29 is 23.0 Å². The maximum absolute atomic E-state index is 14.3. The number of morpholine rings is 1. The summed E-state index contributed by atoms with van der Waals surface area (Å²) in [6.45, 7) is 1.03. The minimum Gasteiger partial charge on any atom is -0.444 e. The van der Waals surface area contributed by atoms with E-state index in [4.69, 9.17) is 9.47 Å². The zero-order valence-electron chi connectivity index (χ0n) is 13.2. The van der Waals surface area contributed by atoms with Gasteiger partial charge in [-0.2, -0.15) is 0 Å². The summed E-state index contributed by atoms with van der Waals surface area (Å²) in [5, 5.41) is 2.34. The Balaban J connectivity index is 1.39. The standard InChI is InChI=1S/C18H16F2N2O3/c19-13-6-12(21-18(23)24-10-11-4-2-1-3-5-11)7-14(20)17(13)22-8-15-16(9-22)25-15/h1-7,15-16H,8-10H2,(H,21,23). The molecule has 2 aliphatic rings. The Morgan fingerprint density at radius 2 is 1.80 bits per heavy atom. The highest BCUT2D eigenvalue weighted by Gasteiger charge is 2.48. The molecular formula is C18H16F2N2O3. The lowest BCUT2D eigenvalue weighted by atomic mass is 10.2. The van der Waals surface area contributed by atoms with E-state index in [0.717, 1.165) is 17.7 Å². The first-order valence-electron chi connectivity index (χ1n) is 7.97. The lowest BCUT2D eigenvalue weighted by Crippen LogP contribution is -2.26. The van der Waals surface area contributed by atoms with E-state index in [9.17, 15) is 13.6 Å². The van der Waals surface area contributed by atoms with E-state index < -0.39 is 17.7 Å². The third-order valence-electron chi connectivity index (χ3n) is 4.28. The number of hydrogen-bond acceptors (Lipinski definition) is 4. The van der Waals surface area contributed by atoms with Crippen molar-refractivity contribution in [3.8, 4) is 0 Å². The molecule has 0 radical (unpaired) electrons. The van der Waals surface area contributed by atoms with Gasteiger partial charge in [-0.25, -0.2) is 13.6 Å². The second kappa shape index (κ2) is 6.33. The number of rotatable bonds is 4. The number of ether oxygens (including phenoxy) is 2. The molecule has 2 aromatic carbocycles. The third kappa shape index (κ3) is 3.41. The van der Waals surface area contributed by atoms with Crippen LogP contribution in [0.1, 0.15) is 5.56 Å². The molecule has 0 spiro atoms. The topological polar surface area (TPSA) is 54.1 Å². The van der Waals surface area contributed by atoms with Crippen molar-refractivity contribution in [1.82, 2.24) is 0 Å². The van der Waals surface area contributed by atoms with E-state index in [0.29, 0.717) is 13.1 Å². The van der Waals surface area contributed by atoms with Crippen molar-refractivity contribution in [2.24, 2.45) is 0 Å². The van der Waals surface area contributed by atoms with Crippen LogP contribution in [0.5, 0.6) is 0 Å². The van der Waals surface area contributed by atoms with Crippen molar-refractivity contribution in [2.75, 3.05) is 23.3 Å². The number of carbonyl (C=O) groups is 1. The predicted octanol–water partition coefficient (Wildman–Crippen LogP) is 3.30. The summed E-state index contributed by atoms with van der Waals surface area (Å²) in [7, 11) is 0. The van der Waals surface area contributed by atoms with Crippen LogP contribution in [0.15, 0.2) is 42.5 Å². The Bertz CT molecular complexity index is 767. The monoisotopic (exact) mass is 346 g/mol. The number of anilines is 2. The average Bonchev–Trinajstić information content (AvgIpc) is 3.19. The molecular weight excluding hydrogens is 330 g/mol. The number of halogens is 2. The van der Waals surface area contributed by atoms with E-state index in [1.165, 1.54) is 0 Å². The fourth-order valence-corrected chi connectivity index (χ4v) is 3.01. The van der Waals surface area contributed by atoms with E-state index in [1.54, 1.807) is 4.90 Å². The van der Waals surface area contributed by atoms with E-state index >= 15 is 0 Å². The highest BCUT2D eigenvalue weighted by molar-refractivity contribution is 5.85. The number of nitrogens with one attached hydrogen (secondary N) is 1. The molecule has 5 nitrogen and oxygen atoms in total. The van der Waals surface area contributed by atoms with Crippen LogP contribution in [-0.2, 0) is 16.1 Å². The third-order valence-corrected chi connectivity index (χ3v) is 4.28. The molecule has 2 saturated heterocycles. The zero-order valence-corrected chi connectivity index (χ0v) is 13.2. The zero-order chi connectivity index (χ0) is 17.4. The molecule has 2 aromatic rings. The number of epoxide rings is 1. The molecule has 130 valence electrons. The van der Waals surface area contributed by atoms with Crippen LogP contribution in [0.3, 0.4) is 0 Å². The minimum absolute atomic E-state index is 0.0115. The maximum Gasteiger partial charge on any atom is 0.411 e. The molecule has 0 bridgehead atoms. The van der Waals surface area contributed by atoms with Gasteiger partial charge in [-0.05, 0) is 17.7 Å². The normalized spacial score (nSPS) is 21.0. The number of benzene rings is 2. The van der Waals surface area contributed by atoms with Crippen molar-refractivity contribution in [3.05, 3.63) is 59.7 Å². The largest absolute Gasteiger partial charge is 0.444 e. The molecule has 0 saturated carbocycles. The molecule has 2 aliphatic heterocycles. The first-order chi connectivity index (χ1) is 12.1. The Hall–Kier alpha value is -2.67. The fraction of sp³-hybridized carbons (Fsp3) is 0.278. The Kier molecular flexibility index (Phi) is 4.01. The minimum atomic E-state index is -0.772. The summed E-state index contributed by atoms with van der Waals surface area (Å²) < 4.78 is 38.9. The van der Waals surface area contributed by atoms with Crippen LogP contribution in [0.25, 0.3) is 0 Å². The molecule has 2 heterocycles. The summed E-state index contributed by atoms with van der Waals surface area (Å²) >= 11 is 0. The van der Waals surface area contributed by atoms with E-state index in [1.807, 2.05) is 30.3 Å². The van der Waals surface area contributed by atoms with Gasteiger partial charge in [-0.15, -0.1) is 0 Å². The average molecular weight is 346 g/mol. The SMILES string of the molecule is O=C(Nc1cc(F)c(N2CC3OC3C2)c(F)c1)OCc1ccccc1. The highest BCUT2D eigenvalue weighted by atomic mass is 19.1.